The predicted molar refractivity (Wildman–Crippen MR) is 70.5 cm³/mol. The smallest absolute Gasteiger partial charge is 0.122 e. The minimum atomic E-state index is 0.241. The van der Waals surface area contributed by atoms with Gasteiger partial charge in [0, 0.05) is 5.38 Å². The third kappa shape index (κ3) is 4.05. The molecule has 0 amide bonds. The van der Waals surface area contributed by atoms with E-state index in [1.807, 2.05) is 13.0 Å². The summed E-state index contributed by atoms with van der Waals surface area (Å²) in [6.45, 7) is 6.39. The van der Waals surface area contributed by atoms with Crippen LogP contribution in [-0.2, 0) is 6.42 Å². The number of benzene rings is 1. The highest BCUT2D eigenvalue weighted by Gasteiger charge is 2.10. The normalized spacial score (nSPS) is 14.6. The first-order valence-electron chi connectivity index (χ1n) is 5.80. The maximum absolute atomic E-state index is 6.01. The van der Waals surface area contributed by atoms with Gasteiger partial charge in [-0.25, -0.2) is 0 Å². The van der Waals surface area contributed by atoms with E-state index >= 15 is 0 Å². The standard InChI is InChI=1S/C14H21ClO/c1-10-5-6-14(16-4)13(8-10)9-11(2)7-12(3)15/h5-6,8,11-12H,7,9H2,1-4H3. The lowest BCUT2D eigenvalue weighted by Gasteiger charge is -2.15. The molecule has 0 spiro atoms. The second kappa shape index (κ2) is 6.15. The Morgan fingerprint density at radius 3 is 2.56 bits per heavy atom. The van der Waals surface area contributed by atoms with E-state index in [4.69, 9.17) is 16.3 Å². The maximum atomic E-state index is 6.01. The molecule has 0 heterocycles. The second-order valence-corrected chi connectivity index (χ2v) is 5.39. The Morgan fingerprint density at radius 1 is 1.31 bits per heavy atom. The van der Waals surface area contributed by atoms with Gasteiger partial charge in [-0.3, -0.25) is 0 Å². The predicted octanol–water partition coefficient (Wildman–Crippen LogP) is 4.20. The number of aryl methyl sites for hydroxylation is 1. The molecule has 0 aliphatic rings. The number of methoxy groups -OCH3 is 1. The fraction of sp³-hybridized carbons (Fsp3) is 0.571. The van der Waals surface area contributed by atoms with Gasteiger partial charge >= 0.3 is 0 Å². The van der Waals surface area contributed by atoms with E-state index in [0.717, 1.165) is 18.6 Å². The highest BCUT2D eigenvalue weighted by molar-refractivity contribution is 6.20. The average Bonchev–Trinajstić information content (AvgIpc) is 2.16. The lowest BCUT2D eigenvalue weighted by molar-refractivity contribution is 0.403. The Kier molecular flexibility index (Phi) is 5.14. The van der Waals surface area contributed by atoms with Crippen LogP contribution in [-0.4, -0.2) is 12.5 Å². The molecule has 0 aromatic heterocycles. The van der Waals surface area contributed by atoms with Gasteiger partial charge in [0.15, 0.2) is 0 Å². The number of hydrogen-bond donors (Lipinski definition) is 0. The molecule has 2 heteroatoms. The molecule has 1 aromatic rings. The minimum Gasteiger partial charge on any atom is -0.496 e. The van der Waals surface area contributed by atoms with E-state index in [-0.39, 0.29) is 5.38 Å². The first-order chi connectivity index (χ1) is 7.52. The van der Waals surface area contributed by atoms with E-state index in [2.05, 4.69) is 26.0 Å². The number of hydrogen-bond acceptors (Lipinski definition) is 1. The molecular formula is C14H21ClO. The van der Waals surface area contributed by atoms with Gasteiger partial charge in [0.2, 0.25) is 0 Å². The van der Waals surface area contributed by atoms with Gasteiger partial charge in [0.1, 0.15) is 5.75 Å². The lowest BCUT2D eigenvalue weighted by Crippen LogP contribution is -2.06. The SMILES string of the molecule is COc1ccc(C)cc1CC(C)CC(C)Cl. The highest BCUT2D eigenvalue weighted by atomic mass is 35.5. The van der Waals surface area contributed by atoms with Crippen LogP contribution in [0.2, 0.25) is 0 Å². The molecule has 0 bridgehead atoms. The molecule has 1 rings (SSSR count). The zero-order valence-corrected chi connectivity index (χ0v) is 11.3. The molecule has 0 N–H and O–H groups in total. The van der Waals surface area contributed by atoms with Crippen molar-refractivity contribution in [2.75, 3.05) is 7.11 Å². The van der Waals surface area contributed by atoms with Crippen LogP contribution in [0.1, 0.15) is 31.4 Å². The Labute approximate surface area is 104 Å². The Hall–Kier alpha value is -0.690. The van der Waals surface area contributed by atoms with Crippen molar-refractivity contribution in [2.24, 2.45) is 5.92 Å². The van der Waals surface area contributed by atoms with Crippen molar-refractivity contribution in [2.45, 2.75) is 39.0 Å². The van der Waals surface area contributed by atoms with Crippen molar-refractivity contribution >= 4 is 11.6 Å². The molecule has 0 aliphatic heterocycles. The van der Waals surface area contributed by atoms with Gasteiger partial charge in [-0.1, -0.05) is 24.6 Å². The van der Waals surface area contributed by atoms with Gasteiger partial charge in [-0.15, -0.1) is 11.6 Å². The zero-order chi connectivity index (χ0) is 12.1. The topological polar surface area (TPSA) is 9.23 Å². The number of alkyl halides is 1. The molecule has 90 valence electrons. The van der Waals surface area contributed by atoms with Crippen molar-refractivity contribution < 1.29 is 4.74 Å². The first-order valence-corrected chi connectivity index (χ1v) is 6.24. The third-order valence-corrected chi connectivity index (χ3v) is 2.91. The number of ether oxygens (including phenoxy) is 1. The van der Waals surface area contributed by atoms with Crippen LogP contribution in [0.3, 0.4) is 0 Å². The first kappa shape index (κ1) is 13.4. The van der Waals surface area contributed by atoms with Crippen LogP contribution < -0.4 is 4.74 Å². The van der Waals surface area contributed by atoms with Gasteiger partial charge in [-0.05, 0) is 44.2 Å². The van der Waals surface area contributed by atoms with Gasteiger partial charge in [0.25, 0.3) is 0 Å². The van der Waals surface area contributed by atoms with E-state index in [1.54, 1.807) is 7.11 Å². The summed E-state index contributed by atoms with van der Waals surface area (Å²) in [5.74, 6) is 1.57. The lowest BCUT2D eigenvalue weighted by atomic mass is 9.95. The molecule has 2 unspecified atom stereocenters. The highest BCUT2D eigenvalue weighted by Crippen LogP contribution is 2.24. The Bertz CT molecular complexity index is 334. The molecular weight excluding hydrogens is 220 g/mol. The van der Waals surface area contributed by atoms with E-state index in [9.17, 15) is 0 Å². The monoisotopic (exact) mass is 240 g/mol. The van der Waals surface area contributed by atoms with Crippen molar-refractivity contribution in [3.05, 3.63) is 29.3 Å². The third-order valence-electron chi connectivity index (χ3n) is 2.73. The number of halogens is 1. The van der Waals surface area contributed by atoms with Gasteiger partial charge < -0.3 is 4.74 Å². The van der Waals surface area contributed by atoms with E-state index < -0.39 is 0 Å². The minimum absolute atomic E-state index is 0.241. The summed E-state index contributed by atoms with van der Waals surface area (Å²) < 4.78 is 5.37. The van der Waals surface area contributed by atoms with Crippen molar-refractivity contribution in [3.8, 4) is 5.75 Å². The summed E-state index contributed by atoms with van der Waals surface area (Å²) >= 11 is 6.01. The Balaban J connectivity index is 2.74. The fourth-order valence-corrected chi connectivity index (χ4v) is 2.38. The quantitative estimate of drug-likeness (QED) is 0.701. The number of rotatable bonds is 5. The summed E-state index contributed by atoms with van der Waals surface area (Å²) in [4.78, 5) is 0. The molecule has 0 fully saturated rings. The molecule has 0 saturated carbocycles. The average molecular weight is 241 g/mol. The largest absolute Gasteiger partial charge is 0.496 e. The molecule has 1 nitrogen and oxygen atoms in total. The maximum Gasteiger partial charge on any atom is 0.122 e. The van der Waals surface area contributed by atoms with Crippen LogP contribution in [0.25, 0.3) is 0 Å². The van der Waals surface area contributed by atoms with Crippen molar-refractivity contribution in [3.63, 3.8) is 0 Å². The van der Waals surface area contributed by atoms with Crippen LogP contribution in [0.15, 0.2) is 18.2 Å². The van der Waals surface area contributed by atoms with Crippen LogP contribution in [0.4, 0.5) is 0 Å². The summed E-state index contributed by atoms with van der Waals surface area (Å²) in [5, 5.41) is 0.241. The van der Waals surface area contributed by atoms with E-state index in [1.165, 1.54) is 11.1 Å². The van der Waals surface area contributed by atoms with Crippen LogP contribution in [0.5, 0.6) is 5.75 Å². The zero-order valence-electron chi connectivity index (χ0n) is 10.6. The molecule has 16 heavy (non-hydrogen) atoms. The van der Waals surface area contributed by atoms with Gasteiger partial charge in [-0.2, -0.15) is 0 Å². The van der Waals surface area contributed by atoms with E-state index in [0.29, 0.717) is 5.92 Å². The Morgan fingerprint density at radius 2 is 2.00 bits per heavy atom. The summed E-state index contributed by atoms with van der Waals surface area (Å²) in [7, 11) is 1.73. The van der Waals surface area contributed by atoms with Crippen LogP contribution >= 0.6 is 11.6 Å². The summed E-state index contributed by atoms with van der Waals surface area (Å²) in [6.07, 6.45) is 2.07. The summed E-state index contributed by atoms with van der Waals surface area (Å²) in [5.41, 5.74) is 2.56. The molecule has 2 atom stereocenters. The van der Waals surface area contributed by atoms with Crippen molar-refractivity contribution in [1.82, 2.24) is 0 Å². The fourth-order valence-electron chi connectivity index (χ4n) is 2.08. The molecule has 0 saturated heterocycles. The van der Waals surface area contributed by atoms with Crippen LogP contribution in [0, 0.1) is 12.8 Å². The second-order valence-electron chi connectivity index (χ2n) is 4.64. The molecule has 1 aromatic carbocycles. The van der Waals surface area contributed by atoms with Crippen molar-refractivity contribution in [1.29, 1.82) is 0 Å². The molecule has 0 radical (unpaired) electrons. The molecule has 0 aliphatic carbocycles. The summed E-state index contributed by atoms with van der Waals surface area (Å²) in [6, 6.07) is 6.33. The van der Waals surface area contributed by atoms with Gasteiger partial charge in [0.05, 0.1) is 7.11 Å².